The van der Waals surface area contributed by atoms with E-state index in [9.17, 15) is 9.59 Å². The Morgan fingerprint density at radius 2 is 1.79 bits per heavy atom. The van der Waals surface area contributed by atoms with Gasteiger partial charge in [0.2, 0.25) is 0 Å². The molecule has 8 heteroatoms. The minimum absolute atomic E-state index is 0.141. The highest BCUT2D eigenvalue weighted by Gasteiger charge is 2.22. The van der Waals surface area contributed by atoms with Crippen LogP contribution in [-0.2, 0) is 16.1 Å². The summed E-state index contributed by atoms with van der Waals surface area (Å²) in [6.45, 7) is 8.46. The van der Waals surface area contributed by atoms with Crippen LogP contribution in [0.15, 0.2) is 24.5 Å². The second kappa shape index (κ2) is 7.03. The molecule has 0 amide bonds. The van der Waals surface area contributed by atoms with Crippen LogP contribution in [0.3, 0.4) is 0 Å². The van der Waals surface area contributed by atoms with Gasteiger partial charge in [0.05, 0.1) is 11.2 Å². The molecule has 0 atom stereocenters. The summed E-state index contributed by atoms with van der Waals surface area (Å²) in [5.74, 6) is -0.0144. The molecule has 0 aliphatic carbocycles. The zero-order valence-electron chi connectivity index (χ0n) is 16.6. The zero-order chi connectivity index (χ0) is 20.6. The fourth-order valence-corrected chi connectivity index (χ4v) is 2.93. The van der Waals surface area contributed by atoms with Crippen molar-refractivity contribution < 1.29 is 14.3 Å². The lowest BCUT2D eigenvalue weighted by molar-refractivity contribution is -0.155. The van der Waals surface area contributed by atoms with Crippen molar-refractivity contribution in [3.63, 3.8) is 0 Å². The summed E-state index contributed by atoms with van der Waals surface area (Å²) in [6.07, 6.45) is 3.39. The molecule has 28 heavy (non-hydrogen) atoms. The van der Waals surface area contributed by atoms with Crippen molar-refractivity contribution in [2.45, 2.75) is 46.8 Å². The first-order chi connectivity index (χ1) is 13.0. The van der Waals surface area contributed by atoms with Crippen LogP contribution in [0.1, 0.15) is 44.0 Å². The van der Waals surface area contributed by atoms with Gasteiger partial charge >= 0.3 is 5.97 Å². The van der Waals surface area contributed by atoms with Gasteiger partial charge in [-0.15, -0.1) is 0 Å². The number of carbonyl (C=O) groups excluding carboxylic acids is 2. The zero-order valence-corrected chi connectivity index (χ0v) is 16.6. The number of aromatic nitrogens is 4. The number of carbonyl (C=O) groups is 2. The molecule has 1 aromatic carbocycles. The van der Waals surface area contributed by atoms with Gasteiger partial charge in [0.25, 0.3) is 0 Å². The summed E-state index contributed by atoms with van der Waals surface area (Å²) in [5, 5.41) is 4.90. The number of anilines is 1. The van der Waals surface area contributed by atoms with Crippen molar-refractivity contribution in [3.8, 4) is 11.1 Å². The number of ether oxygens (including phenoxy) is 1. The smallest absolute Gasteiger partial charge is 0.328 e. The third kappa shape index (κ3) is 4.00. The van der Waals surface area contributed by atoms with Crippen molar-refractivity contribution in [1.29, 1.82) is 0 Å². The fourth-order valence-electron chi connectivity index (χ4n) is 2.93. The first-order valence-electron chi connectivity index (χ1n) is 8.87. The summed E-state index contributed by atoms with van der Waals surface area (Å²) in [6, 6.07) is 3.57. The quantitative estimate of drug-likeness (QED) is 0.420. The van der Waals surface area contributed by atoms with Crippen LogP contribution in [0.5, 0.6) is 0 Å². The highest BCUT2D eigenvalue weighted by molar-refractivity contribution is 6.09. The van der Waals surface area contributed by atoms with Crippen LogP contribution in [-0.4, -0.2) is 37.1 Å². The van der Waals surface area contributed by atoms with Crippen molar-refractivity contribution in [2.24, 2.45) is 0 Å². The van der Waals surface area contributed by atoms with Crippen LogP contribution < -0.4 is 5.73 Å². The molecular formula is C20H23N5O3. The molecule has 3 aromatic rings. The second-order valence-corrected chi connectivity index (χ2v) is 7.63. The number of hydrogen-bond acceptors (Lipinski definition) is 7. The SMILES string of the molecule is CC(=O)c1nn(CC(=O)OC(C)(C)C)c2c(N)cc(-c3cnc(C)nc3)cc12. The molecule has 146 valence electrons. The number of nitrogens with zero attached hydrogens (tertiary/aromatic N) is 4. The molecule has 0 saturated heterocycles. The summed E-state index contributed by atoms with van der Waals surface area (Å²) in [5.41, 5.74) is 8.37. The summed E-state index contributed by atoms with van der Waals surface area (Å²) in [4.78, 5) is 32.8. The van der Waals surface area contributed by atoms with E-state index in [0.717, 1.165) is 11.1 Å². The Morgan fingerprint density at radius 1 is 1.14 bits per heavy atom. The highest BCUT2D eigenvalue weighted by Crippen LogP contribution is 2.31. The average Bonchev–Trinajstić information content (AvgIpc) is 2.92. The number of aryl methyl sites for hydroxylation is 1. The molecule has 0 aliphatic heterocycles. The number of fused-ring (bicyclic) bond motifs is 1. The van der Waals surface area contributed by atoms with E-state index in [1.807, 2.05) is 6.07 Å². The second-order valence-electron chi connectivity index (χ2n) is 7.63. The van der Waals surface area contributed by atoms with Gasteiger partial charge in [0, 0.05) is 30.3 Å². The third-order valence-corrected chi connectivity index (χ3v) is 4.02. The lowest BCUT2D eigenvalue weighted by Gasteiger charge is -2.19. The number of rotatable bonds is 4. The minimum Gasteiger partial charge on any atom is -0.459 e. The van der Waals surface area contributed by atoms with Gasteiger partial charge in [0.15, 0.2) is 5.78 Å². The number of nitrogen functional groups attached to an aromatic ring is 1. The van der Waals surface area contributed by atoms with E-state index < -0.39 is 11.6 Å². The number of esters is 1. The van der Waals surface area contributed by atoms with Crippen LogP contribution >= 0.6 is 0 Å². The van der Waals surface area contributed by atoms with Gasteiger partial charge in [-0.05, 0) is 45.4 Å². The molecule has 8 nitrogen and oxygen atoms in total. The summed E-state index contributed by atoms with van der Waals surface area (Å²) < 4.78 is 6.78. The predicted molar refractivity (Wildman–Crippen MR) is 106 cm³/mol. The number of benzene rings is 1. The van der Waals surface area contributed by atoms with E-state index in [4.69, 9.17) is 10.5 Å². The van der Waals surface area contributed by atoms with Gasteiger partial charge in [-0.2, -0.15) is 5.10 Å². The average molecular weight is 381 g/mol. The molecular weight excluding hydrogens is 358 g/mol. The molecule has 0 aliphatic rings. The van der Waals surface area contributed by atoms with Crippen LogP contribution in [0.4, 0.5) is 5.69 Å². The Bertz CT molecular complexity index is 1060. The third-order valence-electron chi connectivity index (χ3n) is 4.02. The van der Waals surface area contributed by atoms with Crippen LogP contribution in [0, 0.1) is 6.92 Å². The maximum absolute atomic E-state index is 12.3. The largest absolute Gasteiger partial charge is 0.459 e. The highest BCUT2D eigenvalue weighted by atomic mass is 16.6. The van der Waals surface area contributed by atoms with Gasteiger partial charge in [-0.3, -0.25) is 14.3 Å². The van der Waals surface area contributed by atoms with Gasteiger partial charge in [-0.25, -0.2) is 9.97 Å². The van der Waals surface area contributed by atoms with Crippen molar-refractivity contribution in [2.75, 3.05) is 5.73 Å². The van der Waals surface area contributed by atoms with Gasteiger partial charge < -0.3 is 10.5 Å². The molecule has 0 fully saturated rings. The van der Waals surface area contributed by atoms with E-state index >= 15 is 0 Å². The number of hydrogen-bond donors (Lipinski definition) is 1. The molecule has 2 N–H and O–H groups in total. The van der Waals surface area contributed by atoms with Gasteiger partial charge in [0.1, 0.15) is 23.7 Å². The standard InChI is InChI=1S/C20H23N5O3/c1-11(26)18-15-6-13(14-8-22-12(2)23-9-14)7-16(21)19(15)25(24-18)10-17(27)28-20(3,4)5/h6-9H,10,21H2,1-5H3. The van der Waals surface area contributed by atoms with E-state index in [2.05, 4.69) is 15.1 Å². The summed E-state index contributed by atoms with van der Waals surface area (Å²) in [7, 11) is 0. The van der Waals surface area contributed by atoms with Gasteiger partial charge in [-0.1, -0.05) is 0 Å². The number of nitrogens with two attached hydrogens (primary N) is 1. The Morgan fingerprint density at radius 3 is 2.36 bits per heavy atom. The van der Waals surface area contributed by atoms with Crippen molar-refractivity contribution in [1.82, 2.24) is 19.7 Å². The molecule has 2 aromatic heterocycles. The van der Waals surface area contributed by atoms with E-state index in [0.29, 0.717) is 22.4 Å². The van der Waals surface area contributed by atoms with Crippen LogP contribution in [0.2, 0.25) is 0 Å². The Hall–Kier alpha value is -3.29. The predicted octanol–water partition coefficient (Wildman–Crippen LogP) is 2.93. The molecule has 3 rings (SSSR count). The van der Waals surface area contributed by atoms with E-state index in [1.165, 1.54) is 11.6 Å². The Kier molecular flexibility index (Phi) is 4.89. The minimum atomic E-state index is -0.617. The lowest BCUT2D eigenvalue weighted by Crippen LogP contribution is -2.27. The normalized spacial score (nSPS) is 11.6. The van der Waals surface area contributed by atoms with E-state index in [1.54, 1.807) is 46.2 Å². The Balaban J connectivity index is 2.11. The number of Topliss-reactive ketones (excluding diaryl/α,β-unsaturated/α-hetero) is 1. The monoisotopic (exact) mass is 381 g/mol. The maximum atomic E-state index is 12.3. The van der Waals surface area contributed by atoms with Crippen molar-refractivity contribution in [3.05, 3.63) is 36.0 Å². The first kappa shape index (κ1) is 19.5. The molecule has 0 spiro atoms. The molecule has 2 heterocycles. The van der Waals surface area contributed by atoms with Crippen molar-refractivity contribution >= 4 is 28.3 Å². The topological polar surface area (TPSA) is 113 Å². The van der Waals surface area contributed by atoms with E-state index in [-0.39, 0.29) is 18.0 Å². The first-order valence-corrected chi connectivity index (χ1v) is 8.87. The molecule has 0 unspecified atom stereocenters. The maximum Gasteiger partial charge on any atom is 0.328 e. The fraction of sp³-hybridized carbons (Fsp3) is 0.350. The van der Waals surface area contributed by atoms with Crippen LogP contribution in [0.25, 0.3) is 22.0 Å². The molecule has 0 bridgehead atoms. The lowest BCUT2D eigenvalue weighted by atomic mass is 10.0. The molecule has 0 saturated carbocycles. The molecule has 0 radical (unpaired) electrons. The summed E-state index contributed by atoms with van der Waals surface area (Å²) >= 11 is 0. The number of ketones is 1. The Labute approximate surface area is 162 Å².